The summed E-state index contributed by atoms with van der Waals surface area (Å²) in [5, 5.41) is 2.97. The minimum absolute atomic E-state index is 0.109. The van der Waals surface area contributed by atoms with Crippen LogP contribution in [0.25, 0.3) is 11.2 Å². The zero-order chi connectivity index (χ0) is 22.5. The molecule has 0 fully saturated rings. The smallest absolute Gasteiger partial charge is 0.326 e. The van der Waals surface area contributed by atoms with Crippen LogP contribution in [0.5, 0.6) is 0 Å². The van der Waals surface area contributed by atoms with Gasteiger partial charge in [-0.3, -0.25) is 19.1 Å². The van der Waals surface area contributed by atoms with E-state index in [9.17, 15) is 14.4 Å². The van der Waals surface area contributed by atoms with E-state index in [0.717, 1.165) is 36.1 Å². The van der Waals surface area contributed by atoms with Crippen LogP contribution >= 0.6 is 0 Å². The van der Waals surface area contributed by atoms with Gasteiger partial charge in [0.15, 0.2) is 11.2 Å². The van der Waals surface area contributed by atoms with Crippen molar-refractivity contribution in [3.63, 3.8) is 0 Å². The molecule has 2 heterocycles. The number of nitrogens with one attached hydrogen (secondary N) is 2. The highest BCUT2D eigenvalue weighted by molar-refractivity contribution is 5.91. The molecule has 2 aromatic heterocycles. The molecule has 2 N–H and O–H groups in total. The highest BCUT2D eigenvalue weighted by Crippen LogP contribution is 2.18. The first-order valence-corrected chi connectivity index (χ1v) is 10.9. The first-order valence-electron chi connectivity index (χ1n) is 10.9. The van der Waals surface area contributed by atoms with Crippen LogP contribution < -0.4 is 16.6 Å². The number of hydrogen-bond acceptors (Lipinski definition) is 4. The number of anilines is 1. The first-order chi connectivity index (χ1) is 14.8. The average molecular weight is 426 g/mol. The van der Waals surface area contributed by atoms with Gasteiger partial charge in [0, 0.05) is 31.6 Å². The number of unbranched alkanes of at least 4 members (excludes halogenated alkanes) is 1. The van der Waals surface area contributed by atoms with Crippen LogP contribution in [0.2, 0.25) is 0 Å². The quantitative estimate of drug-likeness (QED) is 0.549. The molecule has 0 saturated heterocycles. The third kappa shape index (κ3) is 4.95. The van der Waals surface area contributed by atoms with Gasteiger partial charge in [-0.05, 0) is 43.9 Å². The number of fused-ring (bicyclic) bond motifs is 1. The molecule has 8 heteroatoms. The van der Waals surface area contributed by atoms with Crippen molar-refractivity contribution in [1.29, 1.82) is 0 Å². The van der Waals surface area contributed by atoms with Crippen LogP contribution in [-0.2, 0) is 24.3 Å². The zero-order valence-electron chi connectivity index (χ0n) is 18.7. The van der Waals surface area contributed by atoms with Crippen molar-refractivity contribution in [1.82, 2.24) is 19.1 Å². The number of carbonyl (C=O) groups is 1. The maximum Gasteiger partial charge on any atom is 0.330 e. The van der Waals surface area contributed by atoms with Gasteiger partial charge < -0.3 is 9.88 Å². The number of hydrogen-bond donors (Lipinski definition) is 2. The summed E-state index contributed by atoms with van der Waals surface area (Å²) in [6.07, 6.45) is 3.20. The van der Waals surface area contributed by atoms with Crippen molar-refractivity contribution in [3.8, 4) is 0 Å². The van der Waals surface area contributed by atoms with E-state index in [4.69, 9.17) is 0 Å². The van der Waals surface area contributed by atoms with Gasteiger partial charge in [-0.15, -0.1) is 0 Å². The molecular formula is C23H31N5O3. The Balaban J connectivity index is 1.91. The summed E-state index contributed by atoms with van der Waals surface area (Å²) in [4.78, 5) is 44.6. The minimum atomic E-state index is -0.446. The largest absolute Gasteiger partial charge is 0.330 e. The Morgan fingerprint density at radius 1 is 1.10 bits per heavy atom. The van der Waals surface area contributed by atoms with E-state index in [1.165, 1.54) is 4.57 Å². The van der Waals surface area contributed by atoms with Gasteiger partial charge in [0.1, 0.15) is 5.82 Å². The number of carbonyl (C=O) groups excluding carboxylic acids is 1. The van der Waals surface area contributed by atoms with E-state index < -0.39 is 11.2 Å². The molecular weight excluding hydrogens is 394 g/mol. The predicted octanol–water partition coefficient (Wildman–Crippen LogP) is 3.28. The Labute approximate surface area is 181 Å². The topological polar surface area (TPSA) is 102 Å². The maximum atomic E-state index is 12.6. The molecule has 0 spiro atoms. The Kier molecular flexibility index (Phi) is 7.09. The molecule has 0 unspecified atom stereocenters. The fourth-order valence-corrected chi connectivity index (χ4v) is 3.71. The van der Waals surface area contributed by atoms with E-state index in [-0.39, 0.29) is 12.3 Å². The van der Waals surface area contributed by atoms with Gasteiger partial charge >= 0.3 is 5.69 Å². The van der Waals surface area contributed by atoms with E-state index in [2.05, 4.69) is 22.2 Å². The fraction of sp³-hybridized carbons (Fsp3) is 0.478. The molecule has 0 aliphatic carbocycles. The molecule has 0 radical (unpaired) electrons. The number of nitrogens with zero attached hydrogens (tertiary/aromatic N) is 3. The normalized spacial score (nSPS) is 11.2. The molecule has 0 aliphatic rings. The maximum absolute atomic E-state index is 12.6. The Morgan fingerprint density at radius 2 is 1.87 bits per heavy atom. The third-order valence-electron chi connectivity index (χ3n) is 5.39. The number of H-pyrrole nitrogens is 1. The standard InChI is InChI=1S/C23H31N5O3/c1-5-7-13-27-18(10-11-19(29)24-17-14-15(3)8-9-16(17)4)25-21-20(27)22(30)26-23(31)28(21)12-6-2/h8-9,14H,5-7,10-13H2,1-4H3,(H,24,29)(H,26,30,31). The molecule has 31 heavy (non-hydrogen) atoms. The van der Waals surface area contributed by atoms with Crippen LogP contribution in [0.1, 0.15) is 56.5 Å². The summed E-state index contributed by atoms with van der Waals surface area (Å²) in [6, 6.07) is 5.94. The number of benzene rings is 1. The third-order valence-corrected chi connectivity index (χ3v) is 5.39. The van der Waals surface area contributed by atoms with Gasteiger partial charge in [-0.25, -0.2) is 9.78 Å². The first kappa shape index (κ1) is 22.5. The summed E-state index contributed by atoms with van der Waals surface area (Å²) in [5.41, 5.74) is 2.82. The molecule has 0 bridgehead atoms. The minimum Gasteiger partial charge on any atom is -0.326 e. The molecule has 3 aromatic rings. The molecule has 0 aliphatic heterocycles. The van der Waals surface area contributed by atoms with Crippen molar-refractivity contribution in [2.45, 2.75) is 72.9 Å². The lowest BCUT2D eigenvalue weighted by atomic mass is 10.1. The predicted molar refractivity (Wildman–Crippen MR) is 123 cm³/mol. The van der Waals surface area contributed by atoms with Crippen LogP contribution in [0.4, 0.5) is 5.69 Å². The second-order valence-electron chi connectivity index (χ2n) is 7.98. The van der Waals surface area contributed by atoms with Crippen molar-refractivity contribution < 1.29 is 4.79 Å². The Morgan fingerprint density at radius 3 is 2.58 bits per heavy atom. The van der Waals surface area contributed by atoms with Crippen LogP contribution in [0.3, 0.4) is 0 Å². The summed E-state index contributed by atoms with van der Waals surface area (Å²) in [6.45, 7) is 9.08. The van der Waals surface area contributed by atoms with Gasteiger partial charge in [0.25, 0.3) is 5.56 Å². The van der Waals surface area contributed by atoms with Crippen LogP contribution in [-0.4, -0.2) is 25.0 Å². The second-order valence-corrected chi connectivity index (χ2v) is 7.98. The van der Waals surface area contributed by atoms with Gasteiger partial charge in [-0.2, -0.15) is 0 Å². The van der Waals surface area contributed by atoms with Gasteiger partial charge in [-0.1, -0.05) is 32.4 Å². The Hall–Kier alpha value is -3.16. The lowest BCUT2D eigenvalue weighted by Gasteiger charge is -2.10. The van der Waals surface area contributed by atoms with Crippen molar-refractivity contribution in [3.05, 3.63) is 56.0 Å². The molecule has 0 saturated carbocycles. The van der Waals surface area contributed by atoms with E-state index in [1.54, 1.807) is 0 Å². The average Bonchev–Trinajstić information content (AvgIpc) is 3.09. The van der Waals surface area contributed by atoms with Gasteiger partial charge in [0.2, 0.25) is 5.91 Å². The molecule has 0 atom stereocenters. The van der Waals surface area contributed by atoms with Crippen molar-refractivity contribution in [2.24, 2.45) is 0 Å². The molecule has 1 aromatic carbocycles. The van der Waals surface area contributed by atoms with Gasteiger partial charge in [0.05, 0.1) is 0 Å². The van der Waals surface area contributed by atoms with Crippen LogP contribution in [0, 0.1) is 13.8 Å². The van der Waals surface area contributed by atoms with E-state index in [1.807, 2.05) is 43.5 Å². The van der Waals surface area contributed by atoms with E-state index in [0.29, 0.717) is 36.5 Å². The summed E-state index contributed by atoms with van der Waals surface area (Å²) in [5.74, 6) is 0.545. The molecule has 3 rings (SSSR count). The SMILES string of the molecule is CCCCn1c(CCC(=O)Nc2cc(C)ccc2C)nc2c1c(=O)[nH]c(=O)n2CCC. The zero-order valence-corrected chi connectivity index (χ0v) is 18.7. The number of amides is 1. The fourth-order valence-electron chi connectivity index (χ4n) is 3.71. The number of rotatable bonds is 9. The Bertz CT molecular complexity index is 1200. The number of imidazole rings is 1. The number of aryl methyl sites for hydroxylation is 5. The second kappa shape index (κ2) is 9.76. The number of aromatic amines is 1. The monoisotopic (exact) mass is 425 g/mol. The van der Waals surface area contributed by atoms with Crippen LogP contribution in [0.15, 0.2) is 27.8 Å². The summed E-state index contributed by atoms with van der Waals surface area (Å²) in [7, 11) is 0. The highest BCUT2D eigenvalue weighted by Gasteiger charge is 2.19. The van der Waals surface area contributed by atoms with Crippen molar-refractivity contribution >= 4 is 22.8 Å². The summed E-state index contributed by atoms with van der Waals surface area (Å²) < 4.78 is 3.38. The van der Waals surface area contributed by atoms with E-state index >= 15 is 0 Å². The summed E-state index contributed by atoms with van der Waals surface area (Å²) >= 11 is 0. The highest BCUT2D eigenvalue weighted by atomic mass is 16.2. The molecule has 1 amide bonds. The van der Waals surface area contributed by atoms with Crippen molar-refractivity contribution in [2.75, 3.05) is 5.32 Å². The molecule has 166 valence electrons. The molecule has 8 nitrogen and oxygen atoms in total. The lowest BCUT2D eigenvalue weighted by Crippen LogP contribution is -2.31. The lowest BCUT2D eigenvalue weighted by molar-refractivity contribution is -0.116. The number of aromatic nitrogens is 4.